The summed E-state index contributed by atoms with van der Waals surface area (Å²) >= 11 is 2.56. The minimum absolute atomic E-state index is 0.509. The molecule has 10 heteroatoms. The van der Waals surface area contributed by atoms with Gasteiger partial charge in [0.1, 0.15) is 0 Å². The predicted molar refractivity (Wildman–Crippen MR) is 51.5 cm³/mol. The van der Waals surface area contributed by atoms with E-state index in [0.717, 1.165) is 0 Å². The monoisotopic (exact) mass is 338 g/mol. The number of hydrogen-bond acceptors (Lipinski definition) is 3. The maximum atomic E-state index is 12.7. The maximum absolute atomic E-state index is 12.7. The van der Waals surface area contributed by atoms with Crippen LogP contribution in [-0.4, -0.2) is 11.3 Å². The molecule has 0 amide bonds. The molecule has 18 heavy (non-hydrogen) atoms. The summed E-state index contributed by atoms with van der Waals surface area (Å²) in [7, 11) is 0. The lowest BCUT2D eigenvalue weighted by Gasteiger charge is -2.17. The number of nitrogens with zero attached hydrogens (tertiary/aromatic N) is 1. The largest absolute Gasteiger partial charge is 0.574 e. The zero-order valence-electron chi connectivity index (χ0n) is 8.36. The number of aromatic nitrogens is 1. The zero-order valence-corrected chi connectivity index (χ0v) is 9.95. The Bertz CT molecular complexity index is 444. The van der Waals surface area contributed by atoms with Gasteiger partial charge < -0.3 is 10.5 Å². The summed E-state index contributed by atoms with van der Waals surface area (Å²) in [6.45, 7) is -0.799. The minimum atomic E-state index is -5.15. The highest BCUT2D eigenvalue weighted by atomic mass is 79.9. The Morgan fingerprint density at radius 1 is 1.22 bits per heavy atom. The van der Waals surface area contributed by atoms with Crippen molar-refractivity contribution >= 4 is 15.9 Å². The number of rotatable bonds is 2. The molecule has 1 aromatic heterocycles. The molecule has 0 saturated carbocycles. The smallest absolute Gasteiger partial charge is 0.388 e. The van der Waals surface area contributed by atoms with E-state index in [1.807, 2.05) is 0 Å². The highest BCUT2D eigenvalue weighted by molar-refractivity contribution is 9.10. The molecule has 0 aliphatic heterocycles. The summed E-state index contributed by atoms with van der Waals surface area (Å²) in [4.78, 5) is 3.14. The second kappa shape index (κ2) is 4.92. The first-order valence-corrected chi connectivity index (χ1v) is 5.06. The summed E-state index contributed by atoms with van der Waals surface area (Å²) in [5.41, 5.74) is 2.83. The van der Waals surface area contributed by atoms with E-state index < -0.39 is 40.6 Å². The van der Waals surface area contributed by atoms with E-state index in [2.05, 4.69) is 25.7 Å². The van der Waals surface area contributed by atoms with E-state index in [4.69, 9.17) is 5.73 Å². The van der Waals surface area contributed by atoms with Crippen LogP contribution in [0.5, 0.6) is 5.88 Å². The number of ether oxygens (including phenoxy) is 1. The molecule has 0 aliphatic rings. The molecule has 1 aromatic rings. The van der Waals surface area contributed by atoms with Crippen molar-refractivity contribution < 1.29 is 31.1 Å². The number of nitrogens with two attached hydrogens (primary N) is 1. The second-order valence-corrected chi connectivity index (χ2v) is 3.87. The lowest BCUT2D eigenvalue weighted by Crippen LogP contribution is -2.22. The van der Waals surface area contributed by atoms with Crippen LogP contribution in [0.15, 0.2) is 10.7 Å². The number of hydrogen-bond donors (Lipinski definition) is 1. The van der Waals surface area contributed by atoms with Crippen molar-refractivity contribution in [1.82, 2.24) is 4.98 Å². The van der Waals surface area contributed by atoms with Crippen molar-refractivity contribution in [3.63, 3.8) is 0 Å². The van der Waals surface area contributed by atoms with Gasteiger partial charge >= 0.3 is 12.5 Å². The van der Waals surface area contributed by atoms with Gasteiger partial charge in [0.05, 0.1) is 5.56 Å². The molecule has 0 aromatic carbocycles. The standard InChI is InChI=1S/C8H5BrF6N2O/c9-4-2-17-6(18-8(13,14)15)3(1-16)5(4)7(10,11)12/h2H,1,16H2. The van der Waals surface area contributed by atoms with Crippen LogP contribution in [-0.2, 0) is 12.7 Å². The highest BCUT2D eigenvalue weighted by Crippen LogP contribution is 2.40. The van der Waals surface area contributed by atoms with E-state index >= 15 is 0 Å². The third kappa shape index (κ3) is 3.48. The van der Waals surface area contributed by atoms with E-state index in [1.54, 1.807) is 0 Å². The van der Waals surface area contributed by atoms with Crippen molar-refractivity contribution in [1.29, 1.82) is 0 Å². The average molecular weight is 339 g/mol. The summed E-state index contributed by atoms with van der Waals surface area (Å²) < 4.78 is 76.8. The van der Waals surface area contributed by atoms with E-state index in [9.17, 15) is 26.3 Å². The molecule has 2 N–H and O–H groups in total. The van der Waals surface area contributed by atoms with Crippen LogP contribution in [0.25, 0.3) is 0 Å². The molecule has 0 atom stereocenters. The SMILES string of the molecule is NCc1c(OC(F)(F)F)ncc(Br)c1C(F)(F)F. The molecular weight excluding hydrogens is 334 g/mol. The van der Waals surface area contributed by atoms with Gasteiger partial charge in [0.15, 0.2) is 0 Å². The Labute approximate surface area is 105 Å². The van der Waals surface area contributed by atoms with Gasteiger partial charge in [-0.3, -0.25) is 0 Å². The number of alkyl halides is 6. The van der Waals surface area contributed by atoms with Crippen LogP contribution < -0.4 is 10.5 Å². The van der Waals surface area contributed by atoms with Crippen LogP contribution >= 0.6 is 15.9 Å². The van der Waals surface area contributed by atoms with Gasteiger partial charge in [0.25, 0.3) is 0 Å². The first-order chi connectivity index (χ1) is 8.06. The highest BCUT2D eigenvalue weighted by Gasteiger charge is 2.40. The topological polar surface area (TPSA) is 48.1 Å². The molecule has 102 valence electrons. The van der Waals surface area contributed by atoms with Crippen molar-refractivity contribution in [2.75, 3.05) is 0 Å². The Morgan fingerprint density at radius 2 is 1.78 bits per heavy atom. The third-order valence-corrected chi connectivity index (χ3v) is 2.40. The molecule has 0 spiro atoms. The molecule has 3 nitrogen and oxygen atoms in total. The van der Waals surface area contributed by atoms with Gasteiger partial charge in [0, 0.05) is 22.8 Å². The van der Waals surface area contributed by atoms with Crippen LogP contribution in [0.4, 0.5) is 26.3 Å². The van der Waals surface area contributed by atoms with Crippen molar-refractivity contribution in [2.24, 2.45) is 5.73 Å². The number of halogens is 7. The molecule has 0 saturated heterocycles. The quantitative estimate of drug-likeness (QED) is 0.842. The van der Waals surface area contributed by atoms with Gasteiger partial charge in [-0.25, -0.2) is 4.98 Å². The summed E-state index contributed by atoms with van der Waals surface area (Å²) in [5, 5.41) is 0. The van der Waals surface area contributed by atoms with Crippen LogP contribution in [0.2, 0.25) is 0 Å². The molecule has 0 aliphatic carbocycles. The fourth-order valence-corrected chi connectivity index (χ4v) is 1.77. The molecular formula is C8H5BrF6N2O. The molecule has 0 unspecified atom stereocenters. The molecule has 0 radical (unpaired) electrons. The van der Waals surface area contributed by atoms with Gasteiger partial charge in [-0.15, -0.1) is 13.2 Å². The Balaban J connectivity index is 3.39. The average Bonchev–Trinajstić information content (AvgIpc) is 2.16. The first-order valence-electron chi connectivity index (χ1n) is 4.26. The lowest BCUT2D eigenvalue weighted by atomic mass is 10.1. The maximum Gasteiger partial charge on any atom is 0.574 e. The van der Waals surface area contributed by atoms with Gasteiger partial charge in [0.2, 0.25) is 5.88 Å². The molecule has 1 rings (SSSR count). The second-order valence-electron chi connectivity index (χ2n) is 3.01. The lowest BCUT2D eigenvalue weighted by molar-refractivity contribution is -0.276. The summed E-state index contributed by atoms with van der Waals surface area (Å²) in [6.07, 6.45) is -9.45. The van der Waals surface area contributed by atoms with Gasteiger partial charge in [-0.2, -0.15) is 13.2 Å². The van der Waals surface area contributed by atoms with E-state index in [0.29, 0.717) is 6.20 Å². The van der Waals surface area contributed by atoms with Crippen molar-refractivity contribution in [3.8, 4) is 5.88 Å². The fraction of sp³-hybridized carbons (Fsp3) is 0.375. The van der Waals surface area contributed by atoms with Crippen molar-refractivity contribution in [3.05, 3.63) is 21.8 Å². The predicted octanol–water partition coefficient (Wildman–Crippen LogP) is 3.22. The third-order valence-electron chi connectivity index (χ3n) is 1.79. The molecule has 1 heterocycles. The van der Waals surface area contributed by atoms with E-state index in [-0.39, 0.29) is 0 Å². The summed E-state index contributed by atoms with van der Waals surface area (Å²) in [5.74, 6) is -1.21. The molecule has 0 bridgehead atoms. The Kier molecular flexibility index (Phi) is 4.11. The number of pyridine rings is 1. The zero-order chi connectivity index (χ0) is 14.1. The minimum Gasteiger partial charge on any atom is -0.388 e. The summed E-state index contributed by atoms with van der Waals surface area (Å²) in [6, 6.07) is 0. The van der Waals surface area contributed by atoms with Gasteiger partial charge in [-0.1, -0.05) is 0 Å². The van der Waals surface area contributed by atoms with Crippen LogP contribution in [0.1, 0.15) is 11.1 Å². The van der Waals surface area contributed by atoms with Crippen molar-refractivity contribution in [2.45, 2.75) is 19.1 Å². The van der Waals surface area contributed by atoms with Crippen LogP contribution in [0.3, 0.4) is 0 Å². The fourth-order valence-electron chi connectivity index (χ4n) is 1.20. The van der Waals surface area contributed by atoms with Gasteiger partial charge in [-0.05, 0) is 15.9 Å². The first kappa shape index (κ1) is 15.0. The van der Waals surface area contributed by atoms with Crippen LogP contribution in [0, 0.1) is 0 Å². The van der Waals surface area contributed by atoms with E-state index in [1.165, 1.54) is 0 Å². The molecule has 0 fully saturated rings. The Hall–Kier alpha value is -1.03. The normalized spacial score (nSPS) is 12.7. The Morgan fingerprint density at radius 3 is 2.17 bits per heavy atom.